The van der Waals surface area contributed by atoms with E-state index in [2.05, 4.69) is 27.0 Å². The van der Waals surface area contributed by atoms with Crippen molar-refractivity contribution in [3.8, 4) is 0 Å². The second kappa shape index (κ2) is 5.84. The summed E-state index contributed by atoms with van der Waals surface area (Å²) >= 11 is 11.0. The van der Waals surface area contributed by atoms with Gasteiger partial charge in [0.15, 0.2) is 0 Å². The van der Waals surface area contributed by atoms with Crippen molar-refractivity contribution in [1.82, 2.24) is 9.55 Å². The third-order valence-electron chi connectivity index (χ3n) is 3.04. The number of rotatable bonds is 4. The number of halogens is 3. The number of benzene rings is 1. The second-order valence-electron chi connectivity index (χ2n) is 4.42. The summed E-state index contributed by atoms with van der Waals surface area (Å²) in [7, 11) is 0. The molecule has 0 saturated heterocycles. The smallest absolute Gasteiger partial charge is 0.125 e. The van der Waals surface area contributed by atoms with Crippen molar-refractivity contribution in [3.63, 3.8) is 0 Å². The van der Waals surface area contributed by atoms with Gasteiger partial charge in [0.05, 0.1) is 17.6 Å². The standard InChI is InChI=1S/C14H11BrClFN2S/c15-9-5-11(20-8-9)7-19-13-6-10(17)1-2-12(13)18-14(19)3-4-16/h1-2,5-6,8H,3-4,7H2. The Morgan fingerprint density at radius 2 is 2.20 bits per heavy atom. The van der Waals surface area contributed by atoms with Crippen molar-refractivity contribution in [2.75, 3.05) is 5.88 Å². The van der Waals surface area contributed by atoms with Gasteiger partial charge in [0, 0.05) is 27.0 Å². The molecule has 0 fully saturated rings. The van der Waals surface area contributed by atoms with Gasteiger partial charge in [-0.1, -0.05) is 0 Å². The molecule has 3 rings (SSSR count). The summed E-state index contributed by atoms with van der Waals surface area (Å²) in [5.41, 5.74) is 1.62. The number of hydrogen-bond donors (Lipinski definition) is 0. The van der Waals surface area contributed by atoms with Gasteiger partial charge in [-0.05, 0) is 40.2 Å². The SMILES string of the molecule is Fc1ccc2nc(CCCl)n(Cc3cc(Br)cs3)c2c1. The molecule has 0 unspecified atom stereocenters. The van der Waals surface area contributed by atoms with E-state index in [1.165, 1.54) is 17.0 Å². The Morgan fingerprint density at radius 3 is 2.90 bits per heavy atom. The Hall–Kier alpha value is -0.910. The van der Waals surface area contributed by atoms with E-state index in [0.29, 0.717) is 18.8 Å². The molecule has 6 heteroatoms. The van der Waals surface area contributed by atoms with Crippen LogP contribution in [0.5, 0.6) is 0 Å². The van der Waals surface area contributed by atoms with E-state index in [1.807, 2.05) is 9.95 Å². The lowest BCUT2D eigenvalue weighted by Gasteiger charge is -2.07. The third kappa shape index (κ3) is 2.75. The number of thiophene rings is 1. The zero-order chi connectivity index (χ0) is 14.1. The Bertz CT molecular complexity index is 753. The van der Waals surface area contributed by atoms with Gasteiger partial charge in [0.1, 0.15) is 11.6 Å². The minimum absolute atomic E-state index is 0.247. The average Bonchev–Trinajstić information content (AvgIpc) is 2.96. The van der Waals surface area contributed by atoms with Crippen LogP contribution in [0.2, 0.25) is 0 Å². The fourth-order valence-electron chi connectivity index (χ4n) is 2.19. The maximum Gasteiger partial charge on any atom is 0.125 e. The highest BCUT2D eigenvalue weighted by Crippen LogP contribution is 2.24. The highest BCUT2D eigenvalue weighted by Gasteiger charge is 2.12. The second-order valence-corrected chi connectivity index (χ2v) is 6.71. The molecule has 104 valence electrons. The van der Waals surface area contributed by atoms with Gasteiger partial charge in [-0.3, -0.25) is 0 Å². The number of imidazole rings is 1. The van der Waals surface area contributed by atoms with Crippen LogP contribution < -0.4 is 0 Å². The maximum atomic E-state index is 13.5. The summed E-state index contributed by atoms with van der Waals surface area (Å²) in [4.78, 5) is 5.74. The monoisotopic (exact) mass is 372 g/mol. The number of hydrogen-bond acceptors (Lipinski definition) is 2. The molecular weight excluding hydrogens is 363 g/mol. The van der Waals surface area contributed by atoms with E-state index in [1.54, 1.807) is 17.4 Å². The lowest BCUT2D eigenvalue weighted by atomic mass is 10.3. The number of alkyl halides is 1. The molecule has 0 aliphatic rings. The van der Waals surface area contributed by atoms with Gasteiger partial charge in [-0.15, -0.1) is 22.9 Å². The zero-order valence-electron chi connectivity index (χ0n) is 10.4. The first-order chi connectivity index (χ1) is 9.67. The largest absolute Gasteiger partial charge is 0.323 e. The van der Waals surface area contributed by atoms with Crippen molar-refractivity contribution in [2.24, 2.45) is 0 Å². The van der Waals surface area contributed by atoms with Gasteiger partial charge in [-0.25, -0.2) is 9.37 Å². The number of nitrogens with zero attached hydrogens (tertiary/aromatic N) is 2. The van der Waals surface area contributed by atoms with Crippen LogP contribution >= 0.6 is 38.9 Å². The number of aromatic nitrogens is 2. The maximum absolute atomic E-state index is 13.5. The predicted octanol–water partition coefficient (Wildman–Crippen LogP) is 4.83. The van der Waals surface area contributed by atoms with E-state index >= 15 is 0 Å². The molecule has 0 radical (unpaired) electrons. The average molecular weight is 374 g/mol. The minimum Gasteiger partial charge on any atom is -0.323 e. The van der Waals surface area contributed by atoms with Crippen LogP contribution in [0, 0.1) is 5.82 Å². The van der Waals surface area contributed by atoms with Gasteiger partial charge >= 0.3 is 0 Å². The van der Waals surface area contributed by atoms with Crippen molar-refractivity contribution >= 4 is 49.9 Å². The number of aryl methyl sites for hydroxylation is 1. The van der Waals surface area contributed by atoms with Gasteiger partial charge < -0.3 is 4.57 Å². The van der Waals surface area contributed by atoms with Crippen LogP contribution in [-0.2, 0) is 13.0 Å². The molecule has 1 aromatic carbocycles. The first-order valence-electron chi connectivity index (χ1n) is 6.11. The normalized spacial score (nSPS) is 11.3. The Morgan fingerprint density at radius 1 is 1.35 bits per heavy atom. The van der Waals surface area contributed by atoms with E-state index in [4.69, 9.17) is 11.6 Å². The molecule has 2 aromatic heterocycles. The predicted molar refractivity (Wildman–Crippen MR) is 85.2 cm³/mol. The zero-order valence-corrected chi connectivity index (χ0v) is 13.6. The molecule has 0 aliphatic heterocycles. The fraction of sp³-hybridized carbons (Fsp3) is 0.214. The summed E-state index contributed by atoms with van der Waals surface area (Å²) < 4.78 is 16.6. The van der Waals surface area contributed by atoms with Crippen LogP contribution in [0.4, 0.5) is 4.39 Å². The van der Waals surface area contributed by atoms with E-state index < -0.39 is 0 Å². The van der Waals surface area contributed by atoms with Gasteiger partial charge in [-0.2, -0.15) is 0 Å². The lowest BCUT2D eigenvalue weighted by Crippen LogP contribution is -2.05. The molecule has 2 nitrogen and oxygen atoms in total. The summed E-state index contributed by atoms with van der Waals surface area (Å²) in [6.07, 6.45) is 0.671. The van der Waals surface area contributed by atoms with Crippen molar-refractivity contribution in [2.45, 2.75) is 13.0 Å². The minimum atomic E-state index is -0.247. The van der Waals surface area contributed by atoms with E-state index in [-0.39, 0.29) is 5.82 Å². The molecule has 0 amide bonds. The van der Waals surface area contributed by atoms with Crippen LogP contribution in [0.3, 0.4) is 0 Å². The molecule has 3 aromatic rings. The van der Waals surface area contributed by atoms with Crippen molar-refractivity contribution < 1.29 is 4.39 Å². The Balaban J connectivity index is 2.09. The first kappa shape index (κ1) is 14.0. The molecule has 0 N–H and O–H groups in total. The molecule has 0 bridgehead atoms. The molecular formula is C14H11BrClFN2S. The molecule has 0 spiro atoms. The highest BCUT2D eigenvalue weighted by atomic mass is 79.9. The Labute approximate surface area is 133 Å². The quantitative estimate of drug-likeness (QED) is 0.599. The Kier molecular flexibility index (Phi) is 4.10. The van der Waals surface area contributed by atoms with Crippen molar-refractivity contribution in [3.05, 3.63) is 50.6 Å². The molecule has 2 heterocycles. The van der Waals surface area contributed by atoms with Crippen LogP contribution in [0.25, 0.3) is 11.0 Å². The number of fused-ring (bicyclic) bond motifs is 1. The van der Waals surface area contributed by atoms with E-state index in [0.717, 1.165) is 21.3 Å². The van der Waals surface area contributed by atoms with Gasteiger partial charge in [0.2, 0.25) is 0 Å². The summed E-state index contributed by atoms with van der Waals surface area (Å²) in [5.74, 6) is 1.15. The summed E-state index contributed by atoms with van der Waals surface area (Å²) in [6.45, 7) is 0.683. The molecule has 20 heavy (non-hydrogen) atoms. The molecule has 0 atom stereocenters. The summed E-state index contributed by atoms with van der Waals surface area (Å²) in [5, 5.41) is 2.04. The van der Waals surface area contributed by atoms with E-state index in [9.17, 15) is 4.39 Å². The highest BCUT2D eigenvalue weighted by molar-refractivity contribution is 9.10. The topological polar surface area (TPSA) is 17.8 Å². The summed E-state index contributed by atoms with van der Waals surface area (Å²) in [6, 6.07) is 6.75. The third-order valence-corrected chi connectivity index (χ3v) is 4.91. The van der Waals surface area contributed by atoms with Crippen molar-refractivity contribution in [1.29, 1.82) is 0 Å². The van der Waals surface area contributed by atoms with Crippen LogP contribution in [0.15, 0.2) is 34.1 Å². The lowest BCUT2D eigenvalue weighted by molar-refractivity contribution is 0.628. The van der Waals surface area contributed by atoms with Crippen LogP contribution in [0.1, 0.15) is 10.7 Å². The molecule has 0 saturated carbocycles. The van der Waals surface area contributed by atoms with Gasteiger partial charge in [0.25, 0.3) is 0 Å². The van der Waals surface area contributed by atoms with Crippen LogP contribution in [-0.4, -0.2) is 15.4 Å². The molecule has 0 aliphatic carbocycles. The fourth-order valence-corrected chi connectivity index (χ4v) is 3.80. The first-order valence-corrected chi connectivity index (χ1v) is 8.31.